The van der Waals surface area contributed by atoms with E-state index in [0.717, 1.165) is 19.6 Å². The lowest BCUT2D eigenvalue weighted by Gasteiger charge is -2.13. The van der Waals surface area contributed by atoms with Crippen molar-refractivity contribution in [3.63, 3.8) is 0 Å². The van der Waals surface area contributed by atoms with Gasteiger partial charge < -0.3 is 5.73 Å². The van der Waals surface area contributed by atoms with Crippen molar-refractivity contribution in [2.45, 2.75) is 13.3 Å². The number of hydrogen-bond acceptors (Lipinski definition) is 3. The van der Waals surface area contributed by atoms with Gasteiger partial charge in [-0.3, -0.25) is 4.84 Å². The highest BCUT2D eigenvalue weighted by Crippen LogP contribution is 1.84. The van der Waals surface area contributed by atoms with Crippen LogP contribution in [-0.2, 0) is 4.84 Å². The van der Waals surface area contributed by atoms with Crippen LogP contribution in [0.15, 0.2) is 0 Å². The summed E-state index contributed by atoms with van der Waals surface area (Å²) in [4.78, 5) is 5.18. The van der Waals surface area contributed by atoms with Gasteiger partial charge in [0.05, 0.1) is 6.61 Å². The van der Waals surface area contributed by atoms with Crippen LogP contribution in [0, 0.1) is 0 Å². The Bertz CT molecular complexity index is 59.0. The molecule has 0 bridgehead atoms. The molecule has 56 valence electrons. The SMILES string of the molecule is CCCON(C)CCN. The van der Waals surface area contributed by atoms with Crippen molar-refractivity contribution in [3.05, 3.63) is 0 Å². The van der Waals surface area contributed by atoms with E-state index in [2.05, 4.69) is 6.92 Å². The molecule has 2 N–H and O–H groups in total. The molecular weight excluding hydrogens is 116 g/mol. The van der Waals surface area contributed by atoms with Crippen LogP contribution in [0.2, 0.25) is 0 Å². The number of hydroxylamine groups is 2. The monoisotopic (exact) mass is 132 g/mol. The van der Waals surface area contributed by atoms with Crippen molar-refractivity contribution in [1.29, 1.82) is 0 Å². The molecule has 0 heterocycles. The van der Waals surface area contributed by atoms with Crippen LogP contribution in [-0.4, -0.2) is 31.8 Å². The minimum Gasteiger partial charge on any atom is -0.329 e. The molecule has 0 saturated carbocycles. The number of nitrogens with zero attached hydrogens (tertiary/aromatic N) is 1. The van der Waals surface area contributed by atoms with E-state index in [9.17, 15) is 0 Å². The Morgan fingerprint density at radius 3 is 2.67 bits per heavy atom. The van der Waals surface area contributed by atoms with E-state index in [1.165, 1.54) is 0 Å². The molecular formula is C6H16N2O. The molecule has 0 aliphatic rings. The second-order valence-corrected chi connectivity index (χ2v) is 1.97. The molecule has 0 spiro atoms. The lowest BCUT2D eigenvalue weighted by atomic mass is 10.5. The first-order valence-electron chi connectivity index (χ1n) is 3.35. The summed E-state index contributed by atoms with van der Waals surface area (Å²) in [6.07, 6.45) is 1.05. The van der Waals surface area contributed by atoms with Crippen LogP contribution in [0.5, 0.6) is 0 Å². The maximum atomic E-state index is 5.28. The van der Waals surface area contributed by atoms with Crippen LogP contribution in [0.3, 0.4) is 0 Å². The molecule has 0 aromatic rings. The van der Waals surface area contributed by atoms with E-state index in [-0.39, 0.29) is 0 Å². The van der Waals surface area contributed by atoms with Crippen LogP contribution in [0.4, 0.5) is 0 Å². The zero-order valence-corrected chi connectivity index (χ0v) is 6.26. The van der Waals surface area contributed by atoms with Crippen molar-refractivity contribution in [2.75, 3.05) is 26.7 Å². The number of hydrogen-bond donors (Lipinski definition) is 1. The highest BCUT2D eigenvalue weighted by molar-refractivity contribution is 4.36. The van der Waals surface area contributed by atoms with Crippen molar-refractivity contribution >= 4 is 0 Å². The normalized spacial score (nSPS) is 10.7. The zero-order chi connectivity index (χ0) is 7.11. The molecule has 0 unspecified atom stereocenters. The average Bonchev–Trinajstić information content (AvgIpc) is 1.85. The van der Waals surface area contributed by atoms with Gasteiger partial charge in [-0.2, -0.15) is 5.06 Å². The molecule has 0 rings (SSSR count). The van der Waals surface area contributed by atoms with E-state index in [1.54, 1.807) is 5.06 Å². The second kappa shape index (κ2) is 6.01. The first kappa shape index (κ1) is 8.88. The summed E-state index contributed by atoms with van der Waals surface area (Å²) in [5.74, 6) is 0. The molecule has 0 fully saturated rings. The minimum atomic E-state index is 0.653. The van der Waals surface area contributed by atoms with Gasteiger partial charge >= 0.3 is 0 Å². The van der Waals surface area contributed by atoms with Gasteiger partial charge in [0.2, 0.25) is 0 Å². The molecule has 0 aromatic heterocycles. The summed E-state index contributed by atoms with van der Waals surface area (Å²) < 4.78 is 0. The molecule has 0 amide bonds. The Kier molecular flexibility index (Phi) is 5.93. The topological polar surface area (TPSA) is 38.5 Å². The fourth-order valence-electron chi connectivity index (χ4n) is 0.493. The standard InChI is InChI=1S/C6H16N2O/c1-3-6-9-8(2)5-4-7/h3-7H2,1-2H3. The Labute approximate surface area is 56.7 Å². The first-order valence-corrected chi connectivity index (χ1v) is 3.35. The quantitative estimate of drug-likeness (QED) is 0.544. The Morgan fingerprint density at radius 2 is 2.22 bits per heavy atom. The van der Waals surface area contributed by atoms with Gasteiger partial charge in [-0.05, 0) is 6.42 Å². The summed E-state index contributed by atoms with van der Waals surface area (Å²) in [6.45, 7) is 4.33. The first-order chi connectivity index (χ1) is 4.31. The highest BCUT2D eigenvalue weighted by atomic mass is 16.7. The maximum absolute atomic E-state index is 5.28. The summed E-state index contributed by atoms with van der Waals surface area (Å²) >= 11 is 0. The number of nitrogens with two attached hydrogens (primary N) is 1. The largest absolute Gasteiger partial charge is 0.329 e. The van der Waals surface area contributed by atoms with Crippen molar-refractivity contribution < 1.29 is 4.84 Å². The molecule has 0 aliphatic heterocycles. The van der Waals surface area contributed by atoms with E-state index >= 15 is 0 Å². The van der Waals surface area contributed by atoms with Crippen molar-refractivity contribution in [2.24, 2.45) is 5.73 Å². The molecule has 0 saturated heterocycles. The summed E-state index contributed by atoms with van der Waals surface area (Å²) in [7, 11) is 1.89. The van der Waals surface area contributed by atoms with Crippen LogP contribution in [0.25, 0.3) is 0 Å². The minimum absolute atomic E-state index is 0.653. The summed E-state index contributed by atoms with van der Waals surface area (Å²) in [5.41, 5.74) is 5.28. The van der Waals surface area contributed by atoms with E-state index in [4.69, 9.17) is 10.6 Å². The number of rotatable bonds is 5. The number of likely N-dealkylation sites (N-methyl/N-ethyl adjacent to an activating group) is 1. The van der Waals surface area contributed by atoms with Gasteiger partial charge in [0, 0.05) is 20.1 Å². The second-order valence-electron chi connectivity index (χ2n) is 1.97. The molecule has 0 aromatic carbocycles. The molecule has 0 aliphatic carbocycles. The van der Waals surface area contributed by atoms with Crippen LogP contribution < -0.4 is 5.73 Å². The van der Waals surface area contributed by atoms with E-state index in [0.29, 0.717) is 6.54 Å². The van der Waals surface area contributed by atoms with Gasteiger partial charge in [-0.25, -0.2) is 0 Å². The third-order valence-corrected chi connectivity index (χ3v) is 0.960. The molecule has 3 heteroatoms. The van der Waals surface area contributed by atoms with Crippen LogP contribution in [0.1, 0.15) is 13.3 Å². The Hall–Kier alpha value is -0.120. The van der Waals surface area contributed by atoms with Gasteiger partial charge in [0.25, 0.3) is 0 Å². The predicted molar refractivity (Wildman–Crippen MR) is 37.9 cm³/mol. The third-order valence-electron chi connectivity index (χ3n) is 0.960. The summed E-state index contributed by atoms with van der Waals surface area (Å²) in [5, 5.41) is 1.77. The fraction of sp³-hybridized carbons (Fsp3) is 1.00. The lowest BCUT2D eigenvalue weighted by Crippen LogP contribution is -2.25. The molecule has 9 heavy (non-hydrogen) atoms. The molecule has 0 radical (unpaired) electrons. The maximum Gasteiger partial charge on any atom is 0.0682 e. The van der Waals surface area contributed by atoms with E-state index in [1.807, 2.05) is 7.05 Å². The highest BCUT2D eigenvalue weighted by Gasteiger charge is 1.92. The molecule has 0 atom stereocenters. The summed E-state index contributed by atoms with van der Waals surface area (Å²) in [6, 6.07) is 0. The predicted octanol–water partition coefficient (Wildman–Crippen LogP) is 0.219. The average molecular weight is 132 g/mol. The van der Waals surface area contributed by atoms with Crippen molar-refractivity contribution in [3.8, 4) is 0 Å². The third kappa shape index (κ3) is 5.76. The van der Waals surface area contributed by atoms with Gasteiger partial charge in [0.15, 0.2) is 0 Å². The van der Waals surface area contributed by atoms with Gasteiger partial charge in [0.1, 0.15) is 0 Å². The smallest absolute Gasteiger partial charge is 0.0682 e. The van der Waals surface area contributed by atoms with Crippen molar-refractivity contribution in [1.82, 2.24) is 5.06 Å². The molecule has 3 nitrogen and oxygen atoms in total. The van der Waals surface area contributed by atoms with Crippen LogP contribution >= 0.6 is 0 Å². The Balaban J connectivity index is 2.95. The Morgan fingerprint density at radius 1 is 1.56 bits per heavy atom. The zero-order valence-electron chi connectivity index (χ0n) is 6.26. The van der Waals surface area contributed by atoms with E-state index < -0.39 is 0 Å². The van der Waals surface area contributed by atoms with Gasteiger partial charge in [-0.15, -0.1) is 0 Å². The van der Waals surface area contributed by atoms with Gasteiger partial charge in [-0.1, -0.05) is 6.92 Å². The lowest BCUT2D eigenvalue weighted by molar-refractivity contribution is -0.137. The fourth-order valence-corrected chi connectivity index (χ4v) is 0.493.